The second-order valence-electron chi connectivity index (χ2n) is 3.78. The molecule has 0 aliphatic heterocycles. The monoisotopic (exact) mass is 225 g/mol. The van der Waals surface area contributed by atoms with Gasteiger partial charge >= 0.3 is 0 Å². The average Bonchev–Trinajstić information content (AvgIpc) is 2.16. The zero-order chi connectivity index (χ0) is 12.0. The van der Waals surface area contributed by atoms with E-state index in [9.17, 15) is 0 Å². The fraction of sp³-hybridized carbons (Fsp3) is 0.636. The highest BCUT2D eigenvalue weighted by Gasteiger charge is 2.09. The van der Waals surface area contributed by atoms with Crippen LogP contribution in [-0.2, 0) is 4.74 Å². The van der Waals surface area contributed by atoms with Crippen LogP contribution < -0.4 is 5.32 Å². The molecule has 0 aliphatic carbocycles. The molecule has 1 rings (SSSR count). The van der Waals surface area contributed by atoms with Crippen LogP contribution in [0.2, 0.25) is 0 Å². The number of nitrogens with zero attached hydrogens (tertiary/aromatic N) is 2. The molecule has 90 valence electrons. The highest BCUT2D eigenvalue weighted by molar-refractivity contribution is 5.29. The number of nitrogens with one attached hydrogen (secondary N) is 1. The van der Waals surface area contributed by atoms with Crippen molar-refractivity contribution < 1.29 is 9.84 Å². The van der Waals surface area contributed by atoms with E-state index in [1.807, 2.05) is 19.9 Å². The van der Waals surface area contributed by atoms with E-state index in [4.69, 9.17) is 9.84 Å². The summed E-state index contributed by atoms with van der Waals surface area (Å²) in [6.07, 6.45) is 0.615. The Morgan fingerprint density at radius 2 is 2.00 bits per heavy atom. The van der Waals surface area contributed by atoms with Crippen LogP contribution in [0.25, 0.3) is 0 Å². The van der Waals surface area contributed by atoms with Crippen molar-refractivity contribution in [3.63, 3.8) is 0 Å². The van der Waals surface area contributed by atoms with E-state index in [1.165, 1.54) is 0 Å². The van der Waals surface area contributed by atoms with E-state index in [-0.39, 0.29) is 12.6 Å². The highest BCUT2D eigenvalue weighted by atomic mass is 16.5. The zero-order valence-corrected chi connectivity index (χ0v) is 10.0. The number of aliphatic hydroxyl groups is 1. The minimum absolute atomic E-state index is 0.0381. The molecular formula is C11H19N3O2. The van der Waals surface area contributed by atoms with Crippen LogP contribution in [0.1, 0.15) is 17.8 Å². The summed E-state index contributed by atoms with van der Waals surface area (Å²) in [5.41, 5.74) is 1.85. The third-order valence-corrected chi connectivity index (χ3v) is 2.16. The largest absolute Gasteiger partial charge is 0.396 e. The second-order valence-corrected chi connectivity index (χ2v) is 3.78. The van der Waals surface area contributed by atoms with Crippen molar-refractivity contribution in [2.75, 3.05) is 25.6 Å². The summed E-state index contributed by atoms with van der Waals surface area (Å²) in [7, 11) is 1.63. The van der Waals surface area contributed by atoms with Gasteiger partial charge in [-0.3, -0.25) is 0 Å². The molecule has 1 aromatic heterocycles. The Morgan fingerprint density at radius 1 is 1.38 bits per heavy atom. The topological polar surface area (TPSA) is 67.3 Å². The maximum absolute atomic E-state index is 8.91. The summed E-state index contributed by atoms with van der Waals surface area (Å²) in [4.78, 5) is 8.56. The molecule has 5 nitrogen and oxygen atoms in total. The first-order chi connectivity index (χ1) is 7.65. The number of aliphatic hydroxyl groups excluding tert-OH is 1. The summed E-state index contributed by atoms with van der Waals surface area (Å²) in [6.45, 7) is 4.50. The molecule has 0 spiro atoms. The van der Waals surface area contributed by atoms with Crippen LogP contribution in [0, 0.1) is 13.8 Å². The van der Waals surface area contributed by atoms with Crippen molar-refractivity contribution in [2.45, 2.75) is 26.3 Å². The minimum Gasteiger partial charge on any atom is -0.396 e. The third kappa shape index (κ3) is 4.12. The maximum atomic E-state index is 8.91. The predicted octanol–water partition coefficient (Wildman–Crippen LogP) is 0.903. The molecule has 5 heteroatoms. The zero-order valence-electron chi connectivity index (χ0n) is 10.0. The van der Waals surface area contributed by atoms with Crippen molar-refractivity contribution in [1.29, 1.82) is 0 Å². The Morgan fingerprint density at radius 3 is 2.50 bits per heavy atom. The average molecular weight is 225 g/mol. The second kappa shape index (κ2) is 6.40. The Labute approximate surface area is 95.9 Å². The first-order valence-electron chi connectivity index (χ1n) is 5.34. The fourth-order valence-electron chi connectivity index (χ4n) is 1.53. The van der Waals surface area contributed by atoms with Crippen molar-refractivity contribution in [3.05, 3.63) is 17.5 Å². The van der Waals surface area contributed by atoms with Gasteiger partial charge in [-0.1, -0.05) is 0 Å². The first kappa shape index (κ1) is 12.9. The Bertz CT molecular complexity index is 305. The fourth-order valence-corrected chi connectivity index (χ4v) is 1.53. The van der Waals surface area contributed by atoms with Gasteiger partial charge in [0.1, 0.15) is 0 Å². The number of methoxy groups -OCH3 is 1. The Hall–Kier alpha value is -1.20. The molecule has 0 aromatic carbocycles. The van der Waals surface area contributed by atoms with Crippen molar-refractivity contribution >= 4 is 5.95 Å². The third-order valence-electron chi connectivity index (χ3n) is 2.16. The van der Waals surface area contributed by atoms with Crippen LogP contribution in [0.15, 0.2) is 6.07 Å². The number of ether oxygens (including phenoxy) is 1. The van der Waals surface area contributed by atoms with Gasteiger partial charge in [0.05, 0.1) is 12.6 Å². The van der Waals surface area contributed by atoms with E-state index in [0.717, 1.165) is 11.4 Å². The molecular weight excluding hydrogens is 206 g/mol. The number of hydrogen-bond donors (Lipinski definition) is 2. The summed E-state index contributed by atoms with van der Waals surface area (Å²) in [5, 5.41) is 12.1. The maximum Gasteiger partial charge on any atom is 0.223 e. The van der Waals surface area contributed by atoms with Gasteiger partial charge < -0.3 is 15.2 Å². The Balaban J connectivity index is 2.68. The normalized spacial score (nSPS) is 12.5. The minimum atomic E-state index is 0.0381. The molecule has 1 heterocycles. The quantitative estimate of drug-likeness (QED) is 0.753. The lowest BCUT2D eigenvalue weighted by Gasteiger charge is -2.17. The van der Waals surface area contributed by atoms with Crippen LogP contribution >= 0.6 is 0 Å². The van der Waals surface area contributed by atoms with Gasteiger partial charge in [0.2, 0.25) is 5.95 Å². The predicted molar refractivity (Wildman–Crippen MR) is 62.5 cm³/mol. The smallest absolute Gasteiger partial charge is 0.223 e. The van der Waals surface area contributed by atoms with Gasteiger partial charge in [-0.2, -0.15) is 0 Å². The molecule has 1 unspecified atom stereocenters. The first-order valence-corrected chi connectivity index (χ1v) is 5.34. The molecule has 0 saturated carbocycles. The van der Waals surface area contributed by atoms with E-state index in [0.29, 0.717) is 19.0 Å². The molecule has 0 aliphatic rings. The number of rotatable bonds is 6. The molecule has 2 N–H and O–H groups in total. The lowest BCUT2D eigenvalue weighted by Crippen LogP contribution is -2.27. The van der Waals surface area contributed by atoms with E-state index >= 15 is 0 Å². The van der Waals surface area contributed by atoms with Crippen LogP contribution in [-0.4, -0.2) is 41.4 Å². The van der Waals surface area contributed by atoms with E-state index < -0.39 is 0 Å². The summed E-state index contributed by atoms with van der Waals surface area (Å²) in [6, 6.07) is 1.96. The number of aryl methyl sites for hydroxylation is 2. The van der Waals surface area contributed by atoms with Crippen molar-refractivity contribution in [2.24, 2.45) is 0 Å². The number of hydrogen-bond acceptors (Lipinski definition) is 5. The lowest BCUT2D eigenvalue weighted by molar-refractivity contribution is 0.170. The van der Waals surface area contributed by atoms with Crippen LogP contribution in [0.4, 0.5) is 5.95 Å². The van der Waals surface area contributed by atoms with Crippen LogP contribution in [0.3, 0.4) is 0 Å². The molecule has 0 bridgehead atoms. The van der Waals surface area contributed by atoms with Gasteiger partial charge in [-0.15, -0.1) is 0 Å². The van der Waals surface area contributed by atoms with Gasteiger partial charge in [0, 0.05) is 25.1 Å². The number of anilines is 1. The molecule has 1 atom stereocenters. The highest BCUT2D eigenvalue weighted by Crippen LogP contribution is 2.07. The Kier molecular flexibility index (Phi) is 5.14. The lowest BCUT2D eigenvalue weighted by atomic mass is 10.2. The van der Waals surface area contributed by atoms with Crippen LogP contribution in [0.5, 0.6) is 0 Å². The standard InChI is InChI=1S/C11H19N3O2/c1-8-6-9(2)13-11(12-8)14-10(4-5-15)7-16-3/h6,10,15H,4-5,7H2,1-3H3,(H,12,13,14). The molecule has 0 amide bonds. The van der Waals surface area contributed by atoms with Gasteiger partial charge in [0.25, 0.3) is 0 Å². The molecule has 0 radical (unpaired) electrons. The summed E-state index contributed by atoms with van der Waals surface area (Å²) < 4.78 is 5.06. The van der Waals surface area contributed by atoms with E-state index in [2.05, 4.69) is 15.3 Å². The SMILES string of the molecule is COCC(CCO)Nc1nc(C)cc(C)n1. The summed E-state index contributed by atoms with van der Waals surface area (Å²) >= 11 is 0. The molecule has 0 saturated heterocycles. The van der Waals surface area contributed by atoms with Gasteiger partial charge in [-0.05, 0) is 26.3 Å². The van der Waals surface area contributed by atoms with Gasteiger partial charge in [0.15, 0.2) is 0 Å². The van der Waals surface area contributed by atoms with Gasteiger partial charge in [-0.25, -0.2) is 9.97 Å². The molecule has 0 fully saturated rings. The van der Waals surface area contributed by atoms with E-state index in [1.54, 1.807) is 7.11 Å². The van der Waals surface area contributed by atoms with Crippen molar-refractivity contribution in [3.8, 4) is 0 Å². The number of aromatic nitrogens is 2. The summed E-state index contributed by atoms with van der Waals surface area (Å²) in [5.74, 6) is 0.591. The molecule has 1 aromatic rings. The van der Waals surface area contributed by atoms with Crippen molar-refractivity contribution in [1.82, 2.24) is 9.97 Å². The molecule has 16 heavy (non-hydrogen) atoms.